The molecule has 0 unspecified atom stereocenters. The number of nitrogens with zero attached hydrogens (tertiary/aromatic N) is 5. The summed E-state index contributed by atoms with van der Waals surface area (Å²) in [4.78, 5) is 11.8. The molecule has 0 aliphatic carbocycles. The van der Waals surface area contributed by atoms with E-state index in [2.05, 4.69) is 42.0 Å². The number of carbonyl (C=O) groups is 1. The number of hydrazone groups is 1. The Morgan fingerprint density at radius 1 is 1.30 bits per heavy atom. The first kappa shape index (κ1) is 18.5. The molecule has 0 atom stereocenters. The van der Waals surface area contributed by atoms with Crippen molar-refractivity contribution in [2.24, 2.45) is 5.10 Å². The lowest BCUT2D eigenvalue weighted by atomic mass is 10.2. The summed E-state index contributed by atoms with van der Waals surface area (Å²) in [7, 11) is 0. The summed E-state index contributed by atoms with van der Waals surface area (Å²) in [6.45, 7) is 0.284. The third-order valence-electron chi connectivity index (χ3n) is 3.45. The molecule has 0 spiro atoms. The summed E-state index contributed by atoms with van der Waals surface area (Å²) in [5, 5.41) is 14.4. The summed E-state index contributed by atoms with van der Waals surface area (Å²) >= 11 is 3.44. The zero-order chi connectivity index (χ0) is 19.1. The molecule has 0 aliphatic rings. The van der Waals surface area contributed by atoms with Crippen LogP contribution in [0.5, 0.6) is 5.75 Å². The number of benzene rings is 2. The summed E-state index contributed by atoms with van der Waals surface area (Å²) in [6, 6.07) is 15.3. The third-order valence-corrected chi connectivity index (χ3v) is 3.94. The Labute approximate surface area is 163 Å². The second kappa shape index (κ2) is 8.90. The van der Waals surface area contributed by atoms with Gasteiger partial charge in [0, 0.05) is 10.0 Å². The molecule has 0 saturated heterocycles. The largest absolute Gasteiger partial charge is 0.488 e. The quantitative estimate of drug-likeness (QED) is 0.435. The Kier molecular flexibility index (Phi) is 6.10. The highest BCUT2D eigenvalue weighted by molar-refractivity contribution is 9.10. The average molecular weight is 430 g/mol. The number of nitrogens with one attached hydrogen (secondary N) is 1. The molecule has 0 radical (unpaired) electrons. The van der Waals surface area contributed by atoms with Gasteiger partial charge < -0.3 is 10.5 Å². The molecule has 10 heteroatoms. The molecule has 0 saturated carbocycles. The summed E-state index contributed by atoms with van der Waals surface area (Å²) in [5.74, 6) is 0.304. The second-order valence-corrected chi connectivity index (χ2v) is 6.36. The highest BCUT2D eigenvalue weighted by Crippen LogP contribution is 2.19. The normalized spacial score (nSPS) is 10.9. The monoisotopic (exact) mass is 429 g/mol. The van der Waals surface area contributed by atoms with Gasteiger partial charge in [0.2, 0.25) is 5.95 Å². The van der Waals surface area contributed by atoms with Crippen LogP contribution in [0.1, 0.15) is 11.1 Å². The van der Waals surface area contributed by atoms with E-state index in [1.165, 1.54) is 10.9 Å². The number of rotatable bonds is 7. The van der Waals surface area contributed by atoms with Gasteiger partial charge in [-0.1, -0.05) is 45.3 Å². The van der Waals surface area contributed by atoms with Gasteiger partial charge in [-0.25, -0.2) is 10.1 Å². The molecular weight excluding hydrogens is 414 g/mol. The first-order valence-corrected chi connectivity index (χ1v) is 8.71. The molecule has 0 fully saturated rings. The zero-order valence-corrected chi connectivity index (χ0v) is 15.7. The number of nitrogen functional groups attached to an aromatic ring is 1. The van der Waals surface area contributed by atoms with Crippen LogP contribution in [-0.2, 0) is 17.9 Å². The van der Waals surface area contributed by atoms with Crippen LogP contribution in [0.2, 0.25) is 0 Å². The molecule has 2 aromatic carbocycles. The maximum Gasteiger partial charge on any atom is 0.261 e. The van der Waals surface area contributed by atoms with Crippen LogP contribution < -0.4 is 15.9 Å². The fraction of sp³-hybridized carbons (Fsp3) is 0.118. The Morgan fingerprint density at radius 2 is 2.15 bits per heavy atom. The van der Waals surface area contributed by atoms with Crippen LogP contribution in [0.15, 0.2) is 58.1 Å². The van der Waals surface area contributed by atoms with Crippen LogP contribution in [0.3, 0.4) is 0 Å². The van der Waals surface area contributed by atoms with Gasteiger partial charge in [-0.05, 0) is 40.3 Å². The second-order valence-electron chi connectivity index (χ2n) is 5.44. The predicted molar refractivity (Wildman–Crippen MR) is 103 cm³/mol. The minimum Gasteiger partial charge on any atom is -0.488 e. The van der Waals surface area contributed by atoms with Crippen molar-refractivity contribution < 1.29 is 9.53 Å². The standard InChI is InChI=1S/C17H16BrN7O2/c18-14-6-3-4-12(8-14)11-27-15-7-2-1-5-13(15)9-20-21-16(26)10-25-17(19)22-23-24-25/h1-9H,10-11H2,(H,21,26)(H2,19,22,24)/b20-9+. The molecule has 0 bridgehead atoms. The van der Waals surface area contributed by atoms with E-state index in [4.69, 9.17) is 10.5 Å². The highest BCUT2D eigenvalue weighted by Gasteiger charge is 2.07. The van der Waals surface area contributed by atoms with Crippen LogP contribution in [0, 0.1) is 0 Å². The highest BCUT2D eigenvalue weighted by atomic mass is 79.9. The van der Waals surface area contributed by atoms with Gasteiger partial charge in [0.1, 0.15) is 18.9 Å². The van der Waals surface area contributed by atoms with Crippen molar-refractivity contribution in [1.29, 1.82) is 0 Å². The molecule has 3 N–H and O–H groups in total. The number of amides is 1. The number of hydrogen-bond donors (Lipinski definition) is 2. The van der Waals surface area contributed by atoms with E-state index in [1.54, 1.807) is 0 Å². The zero-order valence-electron chi connectivity index (χ0n) is 14.1. The van der Waals surface area contributed by atoms with E-state index >= 15 is 0 Å². The van der Waals surface area contributed by atoms with E-state index in [9.17, 15) is 4.79 Å². The molecule has 9 nitrogen and oxygen atoms in total. The van der Waals surface area contributed by atoms with Crippen LogP contribution in [-0.4, -0.2) is 32.3 Å². The average Bonchev–Trinajstić information content (AvgIpc) is 3.05. The van der Waals surface area contributed by atoms with Gasteiger partial charge in [-0.15, -0.1) is 0 Å². The van der Waals surface area contributed by atoms with Gasteiger partial charge in [0.25, 0.3) is 5.91 Å². The summed E-state index contributed by atoms with van der Waals surface area (Å²) < 4.78 is 8.02. The Bertz CT molecular complexity index is 958. The number of carbonyl (C=O) groups excluding carboxylic acids is 1. The number of para-hydroxylation sites is 1. The fourth-order valence-electron chi connectivity index (χ4n) is 2.18. The SMILES string of the molecule is Nc1nnnn1CC(=O)N/N=C/c1ccccc1OCc1cccc(Br)c1. The lowest BCUT2D eigenvalue weighted by Crippen LogP contribution is -2.24. The van der Waals surface area contributed by atoms with Crippen molar-refractivity contribution in [3.05, 3.63) is 64.1 Å². The fourth-order valence-corrected chi connectivity index (χ4v) is 2.62. The van der Waals surface area contributed by atoms with Gasteiger partial charge in [-0.2, -0.15) is 5.10 Å². The van der Waals surface area contributed by atoms with E-state index < -0.39 is 5.91 Å². The number of nitrogens with two attached hydrogens (primary N) is 1. The third kappa shape index (κ3) is 5.35. The minimum absolute atomic E-state index is 0.0559. The van der Waals surface area contributed by atoms with Gasteiger partial charge >= 0.3 is 0 Å². The van der Waals surface area contributed by atoms with Crippen molar-refractivity contribution in [2.75, 3.05) is 5.73 Å². The van der Waals surface area contributed by atoms with E-state index in [0.717, 1.165) is 15.6 Å². The Balaban J connectivity index is 1.59. The Hall–Kier alpha value is -3.27. The minimum atomic E-state index is -0.405. The van der Waals surface area contributed by atoms with Gasteiger partial charge in [-0.3, -0.25) is 4.79 Å². The van der Waals surface area contributed by atoms with E-state index in [1.807, 2.05) is 48.5 Å². The van der Waals surface area contributed by atoms with Crippen molar-refractivity contribution in [3.8, 4) is 5.75 Å². The molecule has 3 rings (SSSR count). The van der Waals surface area contributed by atoms with Crippen molar-refractivity contribution in [2.45, 2.75) is 13.2 Å². The lowest BCUT2D eigenvalue weighted by molar-refractivity contribution is -0.121. The molecule has 138 valence electrons. The number of halogens is 1. The van der Waals surface area contributed by atoms with E-state index in [0.29, 0.717) is 12.4 Å². The Morgan fingerprint density at radius 3 is 2.93 bits per heavy atom. The smallest absolute Gasteiger partial charge is 0.261 e. The molecular formula is C17H16BrN7O2. The number of aromatic nitrogens is 4. The molecule has 1 aromatic heterocycles. The first-order valence-electron chi connectivity index (χ1n) is 7.91. The number of tetrazole rings is 1. The lowest BCUT2D eigenvalue weighted by Gasteiger charge is -2.09. The predicted octanol–water partition coefficient (Wildman–Crippen LogP) is 1.75. The van der Waals surface area contributed by atoms with Gasteiger partial charge in [0.05, 0.1) is 6.21 Å². The molecule has 0 aliphatic heterocycles. The maximum absolute atomic E-state index is 11.8. The number of hydrogen-bond acceptors (Lipinski definition) is 7. The van der Waals surface area contributed by atoms with Crippen molar-refractivity contribution >= 4 is 34.0 Å². The first-order chi connectivity index (χ1) is 13.1. The molecule has 27 heavy (non-hydrogen) atoms. The number of anilines is 1. The summed E-state index contributed by atoms with van der Waals surface area (Å²) in [6.07, 6.45) is 1.51. The van der Waals surface area contributed by atoms with Crippen molar-refractivity contribution in [1.82, 2.24) is 25.6 Å². The molecule has 1 amide bonds. The van der Waals surface area contributed by atoms with Crippen molar-refractivity contribution in [3.63, 3.8) is 0 Å². The maximum atomic E-state index is 11.8. The topological polar surface area (TPSA) is 120 Å². The van der Waals surface area contributed by atoms with Crippen LogP contribution >= 0.6 is 15.9 Å². The van der Waals surface area contributed by atoms with Crippen LogP contribution in [0.4, 0.5) is 5.95 Å². The summed E-state index contributed by atoms with van der Waals surface area (Å²) in [5.41, 5.74) is 9.67. The molecule has 3 aromatic rings. The number of ether oxygens (including phenoxy) is 1. The molecule has 1 heterocycles. The van der Waals surface area contributed by atoms with Crippen LogP contribution in [0.25, 0.3) is 0 Å². The van der Waals surface area contributed by atoms with E-state index in [-0.39, 0.29) is 12.5 Å². The van der Waals surface area contributed by atoms with Gasteiger partial charge in [0.15, 0.2) is 0 Å².